The topological polar surface area (TPSA) is 84.3 Å². The number of hydrazine groups is 1. The Morgan fingerprint density at radius 2 is 1.71 bits per heavy atom. The molecule has 0 fully saturated rings. The highest BCUT2D eigenvalue weighted by Gasteiger charge is 1.51. The molecule has 6 N–H and O–H groups in total. The zero-order chi connectivity index (χ0) is 5.41. The summed E-state index contributed by atoms with van der Waals surface area (Å²) >= 11 is 0. The number of halogens is 1. The van der Waals surface area contributed by atoms with Crippen LogP contribution in [0, 0.1) is 0 Å². The first-order valence-corrected chi connectivity index (χ1v) is 1.62. The summed E-state index contributed by atoms with van der Waals surface area (Å²) in [5, 5.41) is 7.62. The van der Waals surface area contributed by atoms with E-state index in [4.69, 9.17) is 5.21 Å². The average Bonchev–Trinajstić information content (AvgIpc) is 1.72. The summed E-state index contributed by atoms with van der Waals surface area (Å²) in [5.74, 6) is 8.00. The van der Waals surface area contributed by atoms with E-state index in [1.165, 1.54) is 0 Å². The zero-order valence-electron chi connectivity index (χ0n) is 4.22. The van der Waals surface area contributed by atoms with E-state index >= 15 is 0 Å². The van der Waals surface area contributed by atoms with Gasteiger partial charge in [-0.3, -0.25) is 11.7 Å². The number of hydrogen-bond acceptors (Lipinski definition) is 4. The Bertz CT molecular complexity index is 14.9. The quantitative estimate of drug-likeness (QED) is 0.277. The molecule has 0 aliphatic rings. The Balaban J connectivity index is -0.0000000480. The molecule has 0 atom stereocenters. The van der Waals surface area contributed by atoms with Crippen molar-refractivity contribution in [1.82, 2.24) is 5.48 Å². The fourth-order valence-corrected chi connectivity index (χ4v) is 0. The van der Waals surface area contributed by atoms with Gasteiger partial charge in [0.05, 0.1) is 0 Å². The predicted octanol–water partition coefficient (Wildman–Crippen LogP) is -0.774. The van der Waals surface area contributed by atoms with Gasteiger partial charge in [0.1, 0.15) is 0 Å². The maximum absolute atomic E-state index is 7.62. The molecule has 0 rings (SSSR count). The van der Waals surface area contributed by atoms with Crippen LogP contribution in [0.25, 0.3) is 0 Å². The van der Waals surface area contributed by atoms with E-state index in [-0.39, 0.29) is 12.4 Å². The van der Waals surface area contributed by atoms with Crippen molar-refractivity contribution in [2.75, 3.05) is 6.54 Å². The second-order valence-electron chi connectivity index (χ2n) is 0.512. The van der Waals surface area contributed by atoms with Crippen LogP contribution >= 0.6 is 12.4 Å². The van der Waals surface area contributed by atoms with Gasteiger partial charge in [-0.1, -0.05) is 6.92 Å². The number of nitrogens with two attached hydrogens (primary N) is 2. The molecule has 0 aromatic carbocycles. The lowest BCUT2D eigenvalue weighted by molar-refractivity contribution is 0.173. The van der Waals surface area contributed by atoms with Crippen molar-refractivity contribution in [3.63, 3.8) is 0 Å². The Hall–Kier alpha value is 0.130. The van der Waals surface area contributed by atoms with Crippen molar-refractivity contribution in [2.45, 2.75) is 6.92 Å². The van der Waals surface area contributed by atoms with Crippen LogP contribution in [0.15, 0.2) is 0 Å². The third-order valence-corrected chi connectivity index (χ3v) is 0.158. The molecule has 0 heterocycles. The number of rotatable bonds is 1. The smallest absolute Gasteiger partial charge is 0.0179 e. The van der Waals surface area contributed by atoms with Crippen LogP contribution in [-0.2, 0) is 0 Å². The molecule has 0 aromatic heterocycles. The van der Waals surface area contributed by atoms with Gasteiger partial charge < -0.3 is 5.21 Å². The van der Waals surface area contributed by atoms with Crippen LogP contribution < -0.4 is 17.2 Å². The van der Waals surface area contributed by atoms with Gasteiger partial charge in [-0.25, -0.2) is 5.48 Å². The first-order chi connectivity index (χ1) is 2.91. The molecule has 0 saturated heterocycles. The van der Waals surface area contributed by atoms with E-state index in [0.717, 1.165) is 0 Å². The summed E-state index contributed by atoms with van der Waals surface area (Å²) in [6, 6.07) is 0. The van der Waals surface area contributed by atoms with Gasteiger partial charge >= 0.3 is 0 Å². The van der Waals surface area contributed by atoms with Crippen molar-refractivity contribution < 1.29 is 5.21 Å². The molecular weight excluding hydrogens is 117 g/mol. The molecule has 0 spiro atoms. The van der Waals surface area contributed by atoms with Gasteiger partial charge in [-0.2, -0.15) is 0 Å². The summed E-state index contributed by atoms with van der Waals surface area (Å²) in [6.45, 7) is 2.44. The van der Waals surface area contributed by atoms with Gasteiger partial charge in [-0.05, 0) is 0 Å². The second kappa shape index (κ2) is 35.6. The zero-order valence-corrected chi connectivity index (χ0v) is 5.03. The Morgan fingerprint density at radius 1 is 1.57 bits per heavy atom. The van der Waals surface area contributed by atoms with Crippen molar-refractivity contribution in [2.24, 2.45) is 11.7 Å². The van der Waals surface area contributed by atoms with Crippen LogP contribution in [0.2, 0.25) is 0 Å². The maximum Gasteiger partial charge on any atom is 0.0179 e. The Morgan fingerprint density at radius 3 is 1.71 bits per heavy atom. The highest BCUT2D eigenvalue weighted by Crippen LogP contribution is 1.34. The fourth-order valence-electron chi connectivity index (χ4n) is 0. The summed E-state index contributed by atoms with van der Waals surface area (Å²) in [6.07, 6.45) is 0. The minimum Gasteiger partial charge on any atom is -0.317 e. The fraction of sp³-hybridized carbons (Fsp3) is 1.00. The third-order valence-electron chi connectivity index (χ3n) is 0.158. The monoisotopic (exact) mass is 129 g/mol. The van der Waals surface area contributed by atoms with Crippen molar-refractivity contribution in [3.05, 3.63) is 0 Å². The van der Waals surface area contributed by atoms with Crippen molar-refractivity contribution in [3.8, 4) is 0 Å². The number of hydrogen-bond donors (Lipinski definition) is 4. The molecule has 0 saturated carbocycles. The molecule has 0 amide bonds. The molecule has 0 unspecified atom stereocenters. The van der Waals surface area contributed by atoms with E-state index in [1.54, 1.807) is 0 Å². The molecule has 0 aliphatic carbocycles. The van der Waals surface area contributed by atoms with Crippen LogP contribution in [0.1, 0.15) is 6.92 Å². The number of hydroxylamine groups is 1. The van der Waals surface area contributed by atoms with E-state index in [2.05, 4.69) is 11.7 Å². The second-order valence-corrected chi connectivity index (χ2v) is 0.512. The normalized spacial score (nSPS) is 5.14. The first-order valence-electron chi connectivity index (χ1n) is 1.62. The van der Waals surface area contributed by atoms with Crippen LogP contribution in [-0.4, -0.2) is 11.8 Å². The molecule has 0 bridgehead atoms. The molecule has 0 radical (unpaired) electrons. The highest BCUT2D eigenvalue weighted by atomic mass is 35.5. The molecule has 48 valence electrons. The third kappa shape index (κ3) is 81.9. The van der Waals surface area contributed by atoms with E-state index in [1.807, 2.05) is 12.4 Å². The molecule has 7 heavy (non-hydrogen) atoms. The lowest BCUT2D eigenvalue weighted by Gasteiger charge is -1.75. The average molecular weight is 130 g/mol. The van der Waals surface area contributed by atoms with Crippen molar-refractivity contribution >= 4 is 12.4 Å². The van der Waals surface area contributed by atoms with Gasteiger partial charge in [0.15, 0.2) is 0 Å². The molecule has 0 aliphatic heterocycles. The standard InChI is InChI=1S/C2H7NO.ClH.H4N2/c1-2-3-4;;1-2/h3-4H,2H2,1H3;1H;1-2H2. The minimum absolute atomic E-state index is 0. The summed E-state index contributed by atoms with van der Waals surface area (Å²) in [4.78, 5) is 0. The first kappa shape index (κ1) is 15.7. The summed E-state index contributed by atoms with van der Waals surface area (Å²) in [7, 11) is 0. The lowest BCUT2D eigenvalue weighted by Crippen LogP contribution is -2.02. The molecule has 0 aromatic rings. The Labute approximate surface area is 49.2 Å². The molecule has 4 nitrogen and oxygen atoms in total. The summed E-state index contributed by atoms with van der Waals surface area (Å²) in [5.41, 5.74) is 1.93. The molecule has 5 heteroatoms. The number of nitrogens with one attached hydrogen (secondary N) is 1. The van der Waals surface area contributed by atoms with E-state index in [0.29, 0.717) is 6.54 Å². The largest absolute Gasteiger partial charge is 0.317 e. The van der Waals surface area contributed by atoms with Crippen LogP contribution in [0.3, 0.4) is 0 Å². The van der Waals surface area contributed by atoms with Gasteiger partial charge in [0.25, 0.3) is 0 Å². The SMILES string of the molecule is CCNO.Cl.NN. The van der Waals surface area contributed by atoms with E-state index < -0.39 is 0 Å². The van der Waals surface area contributed by atoms with Gasteiger partial charge in [0, 0.05) is 6.54 Å². The lowest BCUT2D eigenvalue weighted by atomic mass is 10.8. The molecular formula is C2H12ClN3O. The maximum atomic E-state index is 7.62. The highest BCUT2D eigenvalue weighted by molar-refractivity contribution is 5.85. The van der Waals surface area contributed by atoms with Crippen LogP contribution in [0.4, 0.5) is 0 Å². The predicted molar refractivity (Wildman–Crippen MR) is 31.1 cm³/mol. The van der Waals surface area contributed by atoms with Crippen molar-refractivity contribution in [1.29, 1.82) is 0 Å². The Kier molecular flexibility index (Phi) is 79.8. The van der Waals surface area contributed by atoms with Crippen LogP contribution in [0.5, 0.6) is 0 Å². The minimum atomic E-state index is 0. The van der Waals surface area contributed by atoms with Gasteiger partial charge in [0.2, 0.25) is 0 Å². The van der Waals surface area contributed by atoms with E-state index in [9.17, 15) is 0 Å². The summed E-state index contributed by atoms with van der Waals surface area (Å²) < 4.78 is 0. The van der Waals surface area contributed by atoms with Gasteiger partial charge in [-0.15, -0.1) is 12.4 Å².